The zero-order valence-electron chi connectivity index (χ0n) is 13.1. The van der Waals surface area contributed by atoms with Crippen LogP contribution in [0, 0.1) is 0 Å². The van der Waals surface area contributed by atoms with E-state index in [1.165, 1.54) is 6.26 Å². The highest BCUT2D eigenvalue weighted by molar-refractivity contribution is 7.88. The number of hydrogen-bond acceptors (Lipinski definition) is 5. The van der Waals surface area contributed by atoms with Crippen molar-refractivity contribution in [3.05, 3.63) is 48.6 Å². The first-order valence-corrected chi connectivity index (χ1v) is 9.53. The van der Waals surface area contributed by atoms with Crippen LogP contribution in [-0.2, 0) is 15.8 Å². The van der Waals surface area contributed by atoms with Crippen molar-refractivity contribution in [3.8, 4) is 0 Å². The molecule has 1 aliphatic heterocycles. The molecule has 2 aromatic heterocycles. The lowest BCUT2D eigenvalue weighted by Gasteiger charge is -2.32. The standard InChI is InChI=1S/C16H18N4O3S/c21-24(22,11-13-7-9-23-18-13)19-8-3-4-14(10-19)20-12-17-15-5-1-2-6-16(15)20/h1-2,5-7,9,12,14H,3-4,8,10-11H2. The van der Waals surface area contributed by atoms with Gasteiger partial charge in [-0.1, -0.05) is 17.3 Å². The molecule has 0 aliphatic carbocycles. The van der Waals surface area contributed by atoms with E-state index in [4.69, 9.17) is 4.52 Å². The van der Waals surface area contributed by atoms with E-state index in [0.29, 0.717) is 18.8 Å². The van der Waals surface area contributed by atoms with Gasteiger partial charge in [-0.05, 0) is 25.0 Å². The van der Waals surface area contributed by atoms with Gasteiger partial charge in [-0.25, -0.2) is 13.4 Å². The van der Waals surface area contributed by atoms with Crippen LogP contribution in [0.15, 0.2) is 47.4 Å². The molecule has 3 heterocycles. The van der Waals surface area contributed by atoms with Gasteiger partial charge in [0.2, 0.25) is 10.0 Å². The number of aromatic nitrogens is 3. The predicted octanol–water partition coefficient (Wildman–Crippen LogP) is 2.19. The summed E-state index contributed by atoms with van der Waals surface area (Å²) in [4.78, 5) is 4.41. The fraction of sp³-hybridized carbons (Fsp3) is 0.375. The molecule has 0 saturated carbocycles. The Morgan fingerprint density at radius 1 is 1.25 bits per heavy atom. The normalized spacial score (nSPS) is 19.8. The molecular formula is C16H18N4O3S. The summed E-state index contributed by atoms with van der Waals surface area (Å²) < 4.78 is 33.7. The topological polar surface area (TPSA) is 81.2 Å². The van der Waals surface area contributed by atoms with Crippen molar-refractivity contribution in [1.29, 1.82) is 0 Å². The third kappa shape index (κ3) is 2.83. The highest BCUT2D eigenvalue weighted by Crippen LogP contribution is 2.27. The molecule has 0 bridgehead atoms. The number of imidazole rings is 1. The number of nitrogens with zero attached hydrogens (tertiary/aromatic N) is 4. The molecular weight excluding hydrogens is 328 g/mol. The number of rotatable bonds is 4. The van der Waals surface area contributed by atoms with Crippen molar-refractivity contribution < 1.29 is 12.9 Å². The molecule has 0 radical (unpaired) electrons. The minimum absolute atomic E-state index is 0.0956. The number of piperidine rings is 1. The van der Waals surface area contributed by atoms with E-state index >= 15 is 0 Å². The van der Waals surface area contributed by atoms with Crippen molar-refractivity contribution >= 4 is 21.1 Å². The van der Waals surface area contributed by atoms with Gasteiger partial charge in [0, 0.05) is 25.2 Å². The number of sulfonamides is 1. The second kappa shape index (κ2) is 6.03. The lowest BCUT2D eigenvalue weighted by molar-refractivity contribution is 0.269. The van der Waals surface area contributed by atoms with Gasteiger partial charge in [0.15, 0.2) is 0 Å². The molecule has 1 unspecified atom stereocenters. The lowest BCUT2D eigenvalue weighted by Crippen LogP contribution is -2.41. The first-order chi connectivity index (χ1) is 11.6. The fourth-order valence-corrected chi connectivity index (χ4v) is 4.77. The van der Waals surface area contributed by atoms with E-state index in [9.17, 15) is 8.42 Å². The van der Waals surface area contributed by atoms with E-state index in [2.05, 4.69) is 14.7 Å². The molecule has 1 atom stereocenters. The van der Waals surface area contributed by atoms with Crippen LogP contribution >= 0.6 is 0 Å². The van der Waals surface area contributed by atoms with Crippen molar-refractivity contribution in [2.24, 2.45) is 0 Å². The van der Waals surface area contributed by atoms with Gasteiger partial charge < -0.3 is 9.09 Å². The lowest BCUT2D eigenvalue weighted by atomic mass is 10.1. The van der Waals surface area contributed by atoms with Gasteiger partial charge in [0.1, 0.15) is 12.0 Å². The molecule has 3 aromatic rings. The summed E-state index contributed by atoms with van der Waals surface area (Å²) in [6.07, 6.45) is 4.97. The smallest absolute Gasteiger partial charge is 0.220 e. The van der Waals surface area contributed by atoms with Crippen LogP contribution in [0.4, 0.5) is 0 Å². The van der Waals surface area contributed by atoms with E-state index in [1.54, 1.807) is 10.4 Å². The van der Waals surface area contributed by atoms with Gasteiger partial charge in [-0.3, -0.25) is 0 Å². The Bertz CT molecular complexity index is 933. The number of benzene rings is 1. The number of hydrogen-bond donors (Lipinski definition) is 0. The molecule has 1 fully saturated rings. The van der Waals surface area contributed by atoms with Crippen LogP contribution in [0.1, 0.15) is 24.6 Å². The molecule has 8 heteroatoms. The first kappa shape index (κ1) is 15.3. The van der Waals surface area contributed by atoms with Crippen LogP contribution in [0.2, 0.25) is 0 Å². The van der Waals surface area contributed by atoms with Gasteiger partial charge in [-0.2, -0.15) is 4.31 Å². The molecule has 126 valence electrons. The second-order valence-electron chi connectivity index (χ2n) is 6.04. The van der Waals surface area contributed by atoms with Crippen LogP contribution in [0.5, 0.6) is 0 Å². The molecule has 7 nitrogen and oxygen atoms in total. The Morgan fingerprint density at radius 2 is 2.12 bits per heavy atom. The number of para-hydroxylation sites is 2. The Hall–Kier alpha value is -2.19. The minimum atomic E-state index is -3.41. The molecule has 0 spiro atoms. The quantitative estimate of drug-likeness (QED) is 0.723. The summed E-state index contributed by atoms with van der Waals surface area (Å²) in [6.45, 7) is 1.00. The zero-order valence-corrected chi connectivity index (χ0v) is 13.9. The van der Waals surface area contributed by atoms with Gasteiger partial charge in [0.05, 0.1) is 23.1 Å². The Morgan fingerprint density at radius 3 is 2.96 bits per heavy atom. The third-order valence-corrected chi connectivity index (χ3v) is 6.23. The van der Waals surface area contributed by atoms with Gasteiger partial charge >= 0.3 is 0 Å². The Labute approximate surface area is 139 Å². The molecule has 1 aromatic carbocycles. The first-order valence-electron chi connectivity index (χ1n) is 7.92. The van der Waals surface area contributed by atoms with Crippen LogP contribution in [0.25, 0.3) is 11.0 Å². The van der Waals surface area contributed by atoms with Crippen molar-refractivity contribution in [3.63, 3.8) is 0 Å². The van der Waals surface area contributed by atoms with Crippen LogP contribution < -0.4 is 0 Å². The van der Waals surface area contributed by atoms with Gasteiger partial charge in [-0.15, -0.1) is 0 Å². The summed E-state index contributed by atoms with van der Waals surface area (Å²) in [5.41, 5.74) is 2.41. The average molecular weight is 346 g/mol. The third-order valence-electron chi connectivity index (χ3n) is 4.45. The minimum Gasteiger partial charge on any atom is -0.364 e. The van der Waals surface area contributed by atoms with E-state index in [1.807, 2.05) is 30.6 Å². The molecule has 1 saturated heterocycles. The molecule has 0 amide bonds. The van der Waals surface area contributed by atoms with Crippen molar-refractivity contribution in [2.75, 3.05) is 13.1 Å². The molecule has 4 rings (SSSR count). The fourth-order valence-electron chi connectivity index (χ4n) is 3.26. The highest BCUT2D eigenvalue weighted by atomic mass is 32.2. The molecule has 0 N–H and O–H groups in total. The monoisotopic (exact) mass is 346 g/mol. The Kier molecular flexibility index (Phi) is 3.85. The maximum atomic E-state index is 12.7. The van der Waals surface area contributed by atoms with E-state index in [-0.39, 0.29) is 11.8 Å². The SMILES string of the molecule is O=S(=O)(Cc1ccon1)N1CCCC(n2cnc3ccccc32)C1. The predicted molar refractivity (Wildman–Crippen MR) is 88.7 cm³/mol. The number of fused-ring (bicyclic) bond motifs is 1. The van der Waals surface area contributed by atoms with E-state index < -0.39 is 10.0 Å². The summed E-state index contributed by atoms with van der Waals surface area (Å²) in [5.74, 6) is -0.124. The maximum absolute atomic E-state index is 12.7. The molecule has 1 aliphatic rings. The van der Waals surface area contributed by atoms with Crippen LogP contribution in [-0.4, -0.2) is 40.5 Å². The summed E-state index contributed by atoms with van der Waals surface area (Å²) >= 11 is 0. The van der Waals surface area contributed by atoms with Crippen LogP contribution in [0.3, 0.4) is 0 Å². The highest BCUT2D eigenvalue weighted by Gasteiger charge is 2.30. The Balaban J connectivity index is 1.57. The summed E-state index contributed by atoms with van der Waals surface area (Å²) in [5, 5.41) is 3.71. The maximum Gasteiger partial charge on any atom is 0.220 e. The van der Waals surface area contributed by atoms with Crippen molar-refractivity contribution in [2.45, 2.75) is 24.6 Å². The van der Waals surface area contributed by atoms with Crippen molar-refractivity contribution in [1.82, 2.24) is 19.0 Å². The largest absolute Gasteiger partial charge is 0.364 e. The zero-order chi connectivity index (χ0) is 16.6. The summed E-state index contributed by atoms with van der Waals surface area (Å²) in [7, 11) is -3.41. The van der Waals surface area contributed by atoms with Gasteiger partial charge in [0.25, 0.3) is 0 Å². The molecule has 24 heavy (non-hydrogen) atoms. The second-order valence-corrected chi connectivity index (χ2v) is 8.01. The summed E-state index contributed by atoms with van der Waals surface area (Å²) in [6, 6.07) is 9.59. The average Bonchev–Trinajstić information content (AvgIpc) is 3.24. The van der Waals surface area contributed by atoms with E-state index in [0.717, 1.165) is 23.9 Å².